The number of carbonyl (C=O) groups excluding carboxylic acids is 2. The molecule has 1 fully saturated rings. The zero-order chi connectivity index (χ0) is 22.4. The van der Waals surface area contributed by atoms with E-state index in [0.717, 1.165) is 12.8 Å². The second kappa shape index (κ2) is 10.1. The van der Waals surface area contributed by atoms with Crippen molar-refractivity contribution in [1.29, 1.82) is 0 Å². The van der Waals surface area contributed by atoms with Gasteiger partial charge in [-0.15, -0.1) is 0 Å². The van der Waals surface area contributed by atoms with Crippen LogP contribution in [0.4, 0.5) is 5.69 Å². The monoisotopic (exact) mass is 447 g/mol. The van der Waals surface area contributed by atoms with Crippen LogP contribution >= 0.6 is 0 Å². The minimum atomic E-state index is -3.58. The Morgan fingerprint density at radius 3 is 2.42 bits per heavy atom. The van der Waals surface area contributed by atoms with Gasteiger partial charge in [0.15, 0.2) is 0 Å². The van der Waals surface area contributed by atoms with Crippen molar-refractivity contribution in [3.8, 4) is 0 Å². The van der Waals surface area contributed by atoms with Gasteiger partial charge in [-0.05, 0) is 49.2 Å². The molecule has 2 amide bonds. The van der Waals surface area contributed by atoms with E-state index in [4.69, 9.17) is 4.42 Å². The van der Waals surface area contributed by atoms with Crippen molar-refractivity contribution in [2.45, 2.75) is 44.6 Å². The topological polar surface area (TPSA) is 99.9 Å². The minimum absolute atomic E-state index is 0.116. The van der Waals surface area contributed by atoms with Crippen LogP contribution in [-0.2, 0) is 26.2 Å². The van der Waals surface area contributed by atoms with Crippen LogP contribution in [0.1, 0.15) is 38.9 Å². The third-order valence-corrected chi connectivity index (χ3v) is 7.16. The lowest BCUT2D eigenvalue weighted by atomic mass is 10.1. The number of nitrogens with one attached hydrogen (secondary N) is 1. The van der Waals surface area contributed by atoms with Crippen LogP contribution in [0.2, 0.25) is 0 Å². The maximum absolute atomic E-state index is 12.9. The Bertz CT molecular complexity index is 981. The molecule has 1 saturated heterocycles. The molecule has 3 rings (SSSR count). The summed E-state index contributed by atoms with van der Waals surface area (Å²) in [5, 5.41) is 2.79. The van der Waals surface area contributed by atoms with Crippen molar-refractivity contribution in [1.82, 2.24) is 9.62 Å². The molecular weight excluding hydrogens is 418 g/mol. The van der Waals surface area contributed by atoms with Gasteiger partial charge in [-0.25, -0.2) is 8.42 Å². The van der Waals surface area contributed by atoms with Gasteiger partial charge in [-0.1, -0.05) is 13.8 Å². The van der Waals surface area contributed by atoms with Crippen LogP contribution in [0, 0.1) is 5.92 Å². The average Bonchev–Trinajstić information content (AvgIpc) is 3.41. The van der Waals surface area contributed by atoms with E-state index in [2.05, 4.69) is 5.32 Å². The SMILES string of the molecule is CCCN(CCC)S(=O)(=O)c1ccc(N2CC(C(=O)NCc3ccco3)CC2=O)cc1. The number of hydrogen-bond acceptors (Lipinski definition) is 5. The van der Waals surface area contributed by atoms with E-state index in [0.29, 0.717) is 24.5 Å². The lowest BCUT2D eigenvalue weighted by Crippen LogP contribution is -2.33. The summed E-state index contributed by atoms with van der Waals surface area (Å²) in [4.78, 5) is 26.7. The van der Waals surface area contributed by atoms with Crippen molar-refractivity contribution < 1.29 is 22.4 Å². The molecule has 1 aromatic carbocycles. The Hall–Kier alpha value is -2.65. The summed E-state index contributed by atoms with van der Waals surface area (Å²) in [5.41, 5.74) is 0.586. The molecule has 1 unspecified atom stereocenters. The summed E-state index contributed by atoms with van der Waals surface area (Å²) in [6.45, 7) is 5.36. The molecule has 0 saturated carbocycles. The largest absolute Gasteiger partial charge is 0.467 e. The lowest BCUT2D eigenvalue weighted by Gasteiger charge is -2.22. The Kier molecular flexibility index (Phi) is 7.50. The van der Waals surface area contributed by atoms with Gasteiger partial charge < -0.3 is 14.6 Å². The molecule has 2 heterocycles. The number of amides is 2. The normalized spacial score (nSPS) is 16.8. The van der Waals surface area contributed by atoms with Crippen molar-refractivity contribution in [3.05, 3.63) is 48.4 Å². The van der Waals surface area contributed by atoms with E-state index in [-0.39, 0.29) is 36.2 Å². The predicted octanol–water partition coefficient (Wildman–Crippen LogP) is 2.76. The zero-order valence-electron chi connectivity index (χ0n) is 17.9. The van der Waals surface area contributed by atoms with Crippen LogP contribution in [0.5, 0.6) is 0 Å². The molecule has 168 valence electrons. The summed E-state index contributed by atoms with van der Waals surface area (Å²) in [7, 11) is -3.58. The number of rotatable bonds is 10. The molecular formula is C22H29N3O5S. The third kappa shape index (κ3) is 5.34. The zero-order valence-corrected chi connectivity index (χ0v) is 18.7. The molecule has 1 aromatic heterocycles. The molecule has 1 N–H and O–H groups in total. The van der Waals surface area contributed by atoms with E-state index >= 15 is 0 Å². The highest BCUT2D eigenvalue weighted by Gasteiger charge is 2.35. The van der Waals surface area contributed by atoms with E-state index in [1.54, 1.807) is 24.3 Å². The number of nitrogens with zero attached hydrogens (tertiary/aromatic N) is 2. The molecule has 1 aliphatic rings. The molecule has 0 radical (unpaired) electrons. The average molecular weight is 448 g/mol. The number of sulfonamides is 1. The number of benzene rings is 1. The van der Waals surface area contributed by atoms with Crippen LogP contribution < -0.4 is 10.2 Å². The molecule has 0 bridgehead atoms. The fraction of sp³-hybridized carbons (Fsp3) is 0.455. The Morgan fingerprint density at radius 1 is 1.16 bits per heavy atom. The number of furan rings is 1. The standard InChI is InChI=1S/C22H29N3O5S/c1-3-11-24(12-4-2)31(28,29)20-9-7-18(8-10-20)25-16-17(14-21(25)26)22(27)23-15-19-6-5-13-30-19/h5-10,13,17H,3-4,11-12,14-16H2,1-2H3,(H,23,27). The third-order valence-electron chi connectivity index (χ3n) is 5.24. The summed E-state index contributed by atoms with van der Waals surface area (Å²) in [6, 6.07) is 9.83. The Labute approximate surface area is 183 Å². The van der Waals surface area contributed by atoms with Crippen LogP contribution in [0.3, 0.4) is 0 Å². The molecule has 0 aliphatic carbocycles. The molecule has 8 nitrogen and oxygen atoms in total. The molecule has 0 spiro atoms. The number of hydrogen-bond donors (Lipinski definition) is 1. The fourth-order valence-electron chi connectivity index (χ4n) is 3.66. The van der Waals surface area contributed by atoms with Crippen LogP contribution in [0.15, 0.2) is 52.0 Å². The van der Waals surface area contributed by atoms with E-state index < -0.39 is 15.9 Å². The highest BCUT2D eigenvalue weighted by atomic mass is 32.2. The molecule has 1 atom stereocenters. The van der Waals surface area contributed by atoms with Gasteiger partial charge in [-0.3, -0.25) is 9.59 Å². The Morgan fingerprint density at radius 2 is 1.84 bits per heavy atom. The molecule has 31 heavy (non-hydrogen) atoms. The maximum Gasteiger partial charge on any atom is 0.243 e. The van der Waals surface area contributed by atoms with Gasteiger partial charge in [0, 0.05) is 31.7 Å². The van der Waals surface area contributed by atoms with E-state index in [9.17, 15) is 18.0 Å². The van der Waals surface area contributed by atoms with Crippen LogP contribution in [0.25, 0.3) is 0 Å². The molecule has 2 aromatic rings. The van der Waals surface area contributed by atoms with E-state index in [1.165, 1.54) is 27.6 Å². The smallest absolute Gasteiger partial charge is 0.243 e. The van der Waals surface area contributed by atoms with Crippen LogP contribution in [-0.4, -0.2) is 44.2 Å². The number of anilines is 1. The van der Waals surface area contributed by atoms with Crippen molar-refractivity contribution >= 4 is 27.5 Å². The van der Waals surface area contributed by atoms with E-state index in [1.807, 2.05) is 13.8 Å². The summed E-state index contributed by atoms with van der Waals surface area (Å²) in [6.07, 6.45) is 3.13. The number of carbonyl (C=O) groups is 2. The van der Waals surface area contributed by atoms with Crippen molar-refractivity contribution in [2.75, 3.05) is 24.5 Å². The first kappa shape index (κ1) is 23.0. The summed E-state index contributed by atoms with van der Waals surface area (Å²) < 4.78 is 32.5. The van der Waals surface area contributed by atoms with Gasteiger partial charge in [0.25, 0.3) is 0 Å². The van der Waals surface area contributed by atoms with Gasteiger partial charge in [-0.2, -0.15) is 4.31 Å². The first-order chi connectivity index (χ1) is 14.9. The predicted molar refractivity (Wildman–Crippen MR) is 117 cm³/mol. The first-order valence-electron chi connectivity index (χ1n) is 10.6. The maximum atomic E-state index is 12.9. The second-order valence-electron chi connectivity index (χ2n) is 7.60. The summed E-state index contributed by atoms with van der Waals surface area (Å²) in [5.74, 6) is -0.185. The highest BCUT2D eigenvalue weighted by Crippen LogP contribution is 2.27. The van der Waals surface area contributed by atoms with Gasteiger partial charge in [0.2, 0.25) is 21.8 Å². The molecule has 9 heteroatoms. The minimum Gasteiger partial charge on any atom is -0.467 e. The van der Waals surface area contributed by atoms with Gasteiger partial charge in [0.05, 0.1) is 23.6 Å². The first-order valence-corrected chi connectivity index (χ1v) is 12.0. The van der Waals surface area contributed by atoms with Crippen molar-refractivity contribution in [3.63, 3.8) is 0 Å². The Balaban J connectivity index is 1.66. The van der Waals surface area contributed by atoms with Gasteiger partial charge in [0.1, 0.15) is 5.76 Å². The highest BCUT2D eigenvalue weighted by molar-refractivity contribution is 7.89. The lowest BCUT2D eigenvalue weighted by molar-refractivity contribution is -0.126. The fourth-order valence-corrected chi connectivity index (χ4v) is 5.29. The quantitative estimate of drug-likeness (QED) is 0.604. The van der Waals surface area contributed by atoms with Crippen molar-refractivity contribution in [2.24, 2.45) is 5.92 Å². The second-order valence-corrected chi connectivity index (χ2v) is 9.54. The van der Waals surface area contributed by atoms with Gasteiger partial charge >= 0.3 is 0 Å². The summed E-state index contributed by atoms with van der Waals surface area (Å²) >= 11 is 0. The molecule has 1 aliphatic heterocycles.